The molecule has 0 radical (unpaired) electrons. The summed E-state index contributed by atoms with van der Waals surface area (Å²) in [7, 11) is 0. The van der Waals surface area contributed by atoms with E-state index in [-0.39, 0.29) is 37.5 Å². The van der Waals surface area contributed by atoms with E-state index < -0.39 is 16.8 Å². The van der Waals surface area contributed by atoms with Crippen LogP contribution in [0.4, 0.5) is 0 Å². The number of carbonyl (C=O) groups excluding carboxylic acids is 3. The number of nitroso groups, excluding NO2 is 1. The molecule has 0 aromatic rings. The van der Waals surface area contributed by atoms with Gasteiger partial charge in [0.1, 0.15) is 16.8 Å². The van der Waals surface area contributed by atoms with Gasteiger partial charge in [-0.1, -0.05) is 5.59 Å². The highest BCUT2D eigenvalue weighted by molar-refractivity contribution is 5.73. The molecular formula is C26H51N5O7. The first kappa shape index (κ1) is 35.9. The molecule has 0 saturated carbocycles. The van der Waals surface area contributed by atoms with Gasteiger partial charge in [0.05, 0.1) is 19.6 Å². The molecule has 1 aliphatic heterocycles. The maximum absolute atomic E-state index is 12.6. The molecule has 0 unspecified atom stereocenters. The summed E-state index contributed by atoms with van der Waals surface area (Å²) in [6.07, 6.45) is 0. The Bertz CT molecular complexity index is 685. The van der Waals surface area contributed by atoms with Gasteiger partial charge in [0.2, 0.25) is 0 Å². The van der Waals surface area contributed by atoms with E-state index in [9.17, 15) is 14.4 Å². The van der Waals surface area contributed by atoms with E-state index in [1.165, 1.54) is 0 Å². The maximum atomic E-state index is 12.6. The lowest BCUT2D eigenvalue weighted by atomic mass is 10.2. The van der Waals surface area contributed by atoms with Crippen LogP contribution in [-0.2, 0) is 28.6 Å². The van der Waals surface area contributed by atoms with Gasteiger partial charge in [-0.3, -0.25) is 29.1 Å². The van der Waals surface area contributed by atoms with Crippen LogP contribution >= 0.6 is 0 Å². The molecule has 0 aliphatic carbocycles. The molecular weight excluding hydrogens is 494 g/mol. The topological polar surface area (TPSA) is 142 Å². The summed E-state index contributed by atoms with van der Waals surface area (Å²) in [6.45, 7) is 22.2. The fourth-order valence-corrected chi connectivity index (χ4v) is 3.64. The summed E-state index contributed by atoms with van der Waals surface area (Å²) >= 11 is 0. The number of nitrogens with zero attached hydrogens (tertiary/aromatic N) is 3. The molecule has 0 bridgehead atoms. The fraction of sp³-hybridized carbons (Fsp3) is 0.885. The van der Waals surface area contributed by atoms with Crippen LogP contribution in [0, 0.1) is 10.5 Å². The average Bonchev–Trinajstić information content (AvgIpc) is 2.71. The van der Waals surface area contributed by atoms with Crippen LogP contribution < -0.4 is 5.32 Å². The zero-order valence-corrected chi connectivity index (χ0v) is 25.0. The summed E-state index contributed by atoms with van der Waals surface area (Å²) in [6, 6.07) is 0. The van der Waals surface area contributed by atoms with Crippen LogP contribution in [0.25, 0.3) is 0 Å². The zero-order chi connectivity index (χ0) is 29.6. The Morgan fingerprint density at radius 1 is 0.553 bits per heavy atom. The lowest BCUT2D eigenvalue weighted by Gasteiger charge is -2.32. The molecule has 0 atom stereocenters. The van der Waals surface area contributed by atoms with Gasteiger partial charge < -0.3 is 19.5 Å². The third-order valence-electron chi connectivity index (χ3n) is 4.99. The Morgan fingerprint density at radius 2 is 0.789 bits per heavy atom. The van der Waals surface area contributed by atoms with Crippen molar-refractivity contribution in [3.63, 3.8) is 0 Å². The number of esters is 3. The van der Waals surface area contributed by atoms with Crippen molar-refractivity contribution in [3.05, 3.63) is 4.91 Å². The van der Waals surface area contributed by atoms with Crippen LogP contribution in [0.5, 0.6) is 0 Å². The lowest BCUT2D eigenvalue weighted by molar-refractivity contribution is -0.158. The van der Waals surface area contributed by atoms with Crippen molar-refractivity contribution in [3.8, 4) is 0 Å². The van der Waals surface area contributed by atoms with E-state index in [1.54, 1.807) is 0 Å². The molecule has 1 heterocycles. The van der Waals surface area contributed by atoms with E-state index in [2.05, 4.69) is 10.9 Å². The quantitative estimate of drug-likeness (QED) is 0.287. The number of carbonyl (C=O) groups is 3. The number of rotatable bonds is 6. The highest BCUT2D eigenvalue weighted by Crippen LogP contribution is 2.10. The smallest absolute Gasteiger partial charge is 0.320 e. The van der Waals surface area contributed by atoms with Gasteiger partial charge in [-0.2, -0.15) is 4.91 Å². The number of hydrogen-bond donors (Lipinski definition) is 2. The summed E-state index contributed by atoms with van der Waals surface area (Å²) < 4.78 is 16.6. The molecule has 222 valence electrons. The minimum Gasteiger partial charge on any atom is -0.459 e. The van der Waals surface area contributed by atoms with E-state index in [1.807, 2.05) is 77.0 Å². The van der Waals surface area contributed by atoms with Gasteiger partial charge in [0.15, 0.2) is 0 Å². The maximum Gasteiger partial charge on any atom is 0.320 e. The van der Waals surface area contributed by atoms with Crippen LogP contribution in [0.1, 0.15) is 62.3 Å². The van der Waals surface area contributed by atoms with Gasteiger partial charge in [-0.15, -0.1) is 0 Å². The normalized spacial score (nSPS) is 17.7. The molecule has 0 spiro atoms. The van der Waals surface area contributed by atoms with Crippen molar-refractivity contribution in [1.29, 1.82) is 5.59 Å². The minimum absolute atomic E-state index is 0.135. The highest BCUT2D eigenvalue weighted by Gasteiger charge is 2.24. The molecule has 2 N–H and O–H groups in total. The van der Waals surface area contributed by atoms with Crippen molar-refractivity contribution in [2.75, 3.05) is 72.0 Å². The van der Waals surface area contributed by atoms with Crippen molar-refractivity contribution < 1.29 is 28.6 Å². The monoisotopic (exact) mass is 545 g/mol. The van der Waals surface area contributed by atoms with E-state index >= 15 is 0 Å². The third kappa shape index (κ3) is 19.9. The Labute approximate surface area is 228 Å². The minimum atomic E-state index is -0.569. The van der Waals surface area contributed by atoms with E-state index in [4.69, 9.17) is 19.1 Å². The molecule has 38 heavy (non-hydrogen) atoms. The van der Waals surface area contributed by atoms with Crippen LogP contribution in [0.3, 0.4) is 0 Å². The Balaban J connectivity index is 0.00000667. The first-order chi connectivity index (χ1) is 17.4. The molecule has 12 nitrogen and oxygen atoms in total. The molecule has 1 aliphatic rings. The number of hydrogen-bond acceptors (Lipinski definition) is 12. The molecule has 0 aromatic carbocycles. The molecule has 0 aromatic heterocycles. The first-order valence-electron chi connectivity index (χ1n) is 13.2. The second kappa shape index (κ2) is 16.7. The van der Waals surface area contributed by atoms with Crippen molar-refractivity contribution in [2.45, 2.75) is 79.1 Å². The summed E-state index contributed by atoms with van der Waals surface area (Å²) in [5.74, 6) is -0.831. The molecule has 0 amide bonds. The molecule has 1 fully saturated rings. The van der Waals surface area contributed by atoms with Crippen LogP contribution in [-0.4, -0.2) is 121 Å². The van der Waals surface area contributed by atoms with Crippen molar-refractivity contribution in [2.24, 2.45) is 0 Å². The summed E-state index contributed by atoms with van der Waals surface area (Å²) in [5.41, 5.74) is 2.85. The first-order valence-corrected chi connectivity index (χ1v) is 13.2. The highest BCUT2D eigenvalue weighted by atomic mass is 16.6. The van der Waals surface area contributed by atoms with Crippen molar-refractivity contribution in [1.82, 2.24) is 20.0 Å². The molecule has 12 heteroatoms. The van der Waals surface area contributed by atoms with Gasteiger partial charge in [-0.05, 0) is 62.3 Å². The fourth-order valence-electron chi connectivity index (χ4n) is 3.64. The van der Waals surface area contributed by atoms with Gasteiger partial charge in [0, 0.05) is 52.4 Å². The predicted octanol–water partition coefficient (Wildman–Crippen LogP) is 1.85. The second-order valence-electron chi connectivity index (χ2n) is 12.3. The predicted molar refractivity (Wildman–Crippen MR) is 146 cm³/mol. The lowest BCUT2D eigenvalue weighted by Crippen LogP contribution is -2.48. The van der Waals surface area contributed by atoms with E-state index in [0.717, 1.165) is 0 Å². The Kier molecular flexibility index (Phi) is 15.8. The number of ether oxygens (including phenoxy) is 3. The summed E-state index contributed by atoms with van der Waals surface area (Å²) in [4.78, 5) is 51.1. The van der Waals surface area contributed by atoms with Gasteiger partial charge >= 0.3 is 17.9 Å². The van der Waals surface area contributed by atoms with E-state index in [0.29, 0.717) is 52.4 Å². The third-order valence-corrected chi connectivity index (χ3v) is 4.99. The van der Waals surface area contributed by atoms with Crippen LogP contribution in [0.2, 0.25) is 0 Å². The van der Waals surface area contributed by atoms with Crippen molar-refractivity contribution >= 4 is 17.9 Å². The SMILES string of the molecule is CC(C)(C)OC(=O)CN1CCNCCN(CC(=O)OC(C)(C)C)CCN(CC(=O)OC(C)(C)C)CC1.N=O. The number of nitrogens with one attached hydrogen (secondary N) is 2. The zero-order valence-electron chi connectivity index (χ0n) is 25.0. The molecule has 1 rings (SSSR count). The van der Waals surface area contributed by atoms with Crippen LogP contribution in [0.15, 0.2) is 0 Å². The molecule has 1 saturated heterocycles. The largest absolute Gasteiger partial charge is 0.459 e. The second-order valence-corrected chi connectivity index (χ2v) is 12.3. The summed E-state index contributed by atoms with van der Waals surface area (Å²) in [5, 5.41) is 3.40. The Hall–Kier alpha value is -2.15. The Morgan fingerprint density at radius 3 is 1.03 bits per heavy atom. The van der Waals surface area contributed by atoms with Gasteiger partial charge in [0.25, 0.3) is 0 Å². The average molecular weight is 546 g/mol. The van der Waals surface area contributed by atoms with Gasteiger partial charge in [-0.25, -0.2) is 0 Å². The standard InChI is InChI=1S/C26H50N4O6.HNO/c1-24(2,3)34-21(31)18-28-12-10-27-11-13-29(19-22(32)35-25(4,5)6)15-17-30(16-14-28)20-23(33)36-26(7,8)9;1-2/h27H,10-20H2,1-9H3;1H.